The molecule has 1 aromatic heterocycles. The summed E-state index contributed by atoms with van der Waals surface area (Å²) >= 11 is 0. The molecular weight excluding hydrogens is 335 g/mol. The number of H-pyrrole nitrogens is 1. The summed E-state index contributed by atoms with van der Waals surface area (Å²) in [5.41, 5.74) is 2.74. The number of nitrogens with one attached hydrogen (secondary N) is 1. The van der Waals surface area contributed by atoms with Crippen LogP contribution in [-0.4, -0.2) is 16.4 Å². The lowest BCUT2D eigenvalue weighted by Crippen LogP contribution is -2.53. The highest BCUT2D eigenvalue weighted by molar-refractivity contribution is 5.46. The van der Waals surface area contributed by atoms with Gasteiger partial charge in [0.05, 0.1) is 11.6 Å². The number of nitriles is 1. The molecule has 3 rings (SSSR count). The molecule has 0 fully saturated rings. The molecular formula is C14H9F5N4O. The van der Waals surface area contributed by atoms with Crippen molar-refractivity contribution >= 4 is 0 Å². The second kappa shape index (κ2) is 5.17. The minimum Gasteiger partial charge on any atom is -0.455 e. The van der Waals surface area contributed by atoms with Crippen LogP contribution in [0.4, 0.5) is 22.0 Å². The van der Waals surface area contributed by atoms with E-state index in [1.54, 1.807) is 13.0 Å². The second-order valence-corrected chi connectivity index (χ2v) is 5.38. The average Bonchev–Trinajstić information content (AvgIpc) is 2.91. The van der Waals surface area contributed by atoms with Gasteiger partial charge in [-0.15, -0.1) is 5.10 Å². The van der Waals surface area contributed by atoms with E-state index in [4.69, 9.17) is 10.5 Å². The summed E-state index contributed by atoms with van der Waals surface area (Å²) < 4.78 is 73.9. The SMILES string of the molecule is Cc1[nH]nc2c1CC(C#N)(c1c(F)c(F)c(F)c(F)c1F)C(N)O2. The number of nitrogens with two attached hydrogens (primary N) is 1. The van der Waals surface area contributed by atoms with Gasteiger partial charge in [0.15, 0.2) is 29.5 Å². The van der Waals surface area contributed by atoms with Crippen LogP contribution in [0.2, 0.25) is 0 Å². The summed E-state index contributed by atoms with van der Waals surface area (Å²) in [4.78, 5) is 0. The first-order valence-corrected chi connectivity index (χ1v) is 6.63. The van der Waals surface area contributed by atoms with E-state index in [1.165, 1.54) is 0 Å². The summed E-state index contributed by atoms with van der Waals surface area (Å²) in [6, 6.07) is 1.57. The van der Waals surface area contributed by atoms with Crippen LogP contribution in [0.5, 0.6) is 5.88 Å². The first-order chi connectivity index (χ1) is 11.2. The van der Waals surface area contributed by atoms with Crippen LogP contribution >= 0.6 is 0 Å². The van der Waals surface area contributed by atoms with E-state index in [0.717, 1.165) is 0 Å². The van der Waals surface area contributed by atoms with E-state index in [1.807, 2.05) is 0 Å². The van der Waals surface area contributed by atoms with E-state index >= 15 is 0 Å². The predicted octanol–water partition coefficient (Wildman–Crippen LogP) is 2.09. The van der Waals surface area contributed by atoms with Crippen LogP contribution in [-0.2, 0) is 11.8 Å². The average molecular weight is 344 g/mol. The van der Waals surface area contributed by atoms with E-state index in [9.17, 15) is 27.2 Å². The number of aromatic amines is 1. The lowest BCUT2D eigenvalue weighted by atomic mass is 9.73. The topological polar surface area (TPSA) is 87.7 Å². The lowest BCUT2D eigenvalue weighted by Gasteiger charge is -2.36. The van der Waals surface area contributed by atoms with E-state index in [2.05, 4.69) is 10.2 Å². The maximum absolute atomic E-state index is 14.2. The van der Waals surface area contributed by atoms with Crippen molar-refractivity contribution in [2.24, 2.45) is 5.73 Å². The van der Waals surface area contributed by atoms with E-state index in [0.29, 0.717) is 5.69 Å². The zero-order chi connectivity index (χ0) is 17.8. The second-order valence-electron chi connectivity index (χ2n) is 5.38. The van der Waals surface area contributed by atoms with Crippen molar-refractivity contribution in [3.05, 3.63) is 45.9 Å². The van der Waals surface area contributed by atoms with Gasteiger partial charge in [-0.05, 0) is 6.92 Å². The van der Waals surface area contributed by atoms with Gasteiger partial charge < -0.3 is 4.74 Å². The third-order valence-electron chi connectivity index (χ3n) is 4.07. The number of hydrogen-bond acceptors (Lipinski definition) is 4. The van der Waals surface area contributed by atoms with Crippen LogP contribution in [0.25, 0.3) is 0 Å². The maximum atomic E-state index is 14.2. The maximum Gasteiger partial charge on any atom is 0.237 e. The molecule has 10 heteroatoms. The predicted molar refractivity (Wildman–Crippen MR) is 69.2 cm³/mol. The Labute approximate surface area is 131 Å². The molecule has 0 bridgehead atoms. The summed E-state index contributed by atoms with van der Waals surface area (Å²) in [5, 5.41) is 15.8. The molecule has 1 aliphatic rings. The Balaban J connectivity index is 2.31. The highest BCUT2D eigenvalue weighted by Gasteiger charge is 2.51. The van der Waals surface area contributed by atoms with Crippen molar-refractivity contribution in [2.75, 3.05) is 0 Å². The van der Waals surface area contributed by atoms with Crippen molar-refractivity contribution in [2.45, 2.75) is 25.0 Å². The number of nitrogens with zero attached hydrogens (tertiary/aromatic N) is 2. The molecule has 2 unspecified atom stereocenters. The number of benzene rings is 1. The highest BCUT2D eigenvalue weighted by atomic mass is 19.2. The normalized spacial score (nSPS) is 22.7. The Morgan fingerprint density at radius 1 is 1.17 bits per heavy atom. The van der Waals surface area contributed by atoms with Gasteiger partial charge in [0.1, 0.15) is 5.41 Å². The first-order valence-electron chi connectivity index (χ1n) is 6.63. The van der Waals surface area contributed by atoms with Crippen molar-refractivity contribution in [3.8, 4) is 11.9 Å². The summed E-state index contributed by atoms with van der Waals surface area (Å²) in [6.07, 6.45) is -2.12. The molecule has 0 aliphatic carbocycles. The Morgan fingerprint density at radius 2 is 1.71 bits per heavy atom. The zero-order valence-electron chi connectivity index (χ0n) is 12.1. The number of hydrogen-bond donors (Lipinski definition) is 2. The van der Waals surface area contributed by atoms with Crippen LogP contribution in [0, 0.1) is 47.3 Å². The van der Waals surface area contributed by atoms with Crippen LogP contribution in [0.15, 0.2) is 0 Å². The third kappa shape index (κ3) is 1.91. The number of ether oxygens (including phenoxy) is 1. The van der Waals surface area contributed by atoms with Crippen molar-refractivity contribution in [1.29, 1.82) is 5.26 Å². The fourth-order valence-electron chi connectivity index (χ4n) is 2.72. The molecule has 0 saturated carbocycles. The molecule has 0 spiro atoms. The van der Waals surface area contributed by atoms with Gasteiger partial charge in [-0.1, -0.05) is 0 Å². The zero-order valence-corrected chi connectivity index (χ0v) is 12.1. The molecule has 3 N–H and O–H groups in total. The number of halogens is 5. The van der Waals surface area contributed by atoms with Gasteiger partial charge in [0.25, 0.3) is 0 Å². The fraction of sp³-hybridized carbons (Fsp3) is 0.286. The molecule has 1 aromatic carbocycles. The quantitative estimate of drug-likeness (QED) is 0.471. The minimum absolute atomic E-state index is 0.00902. The molecule has 1 aliphatic heterocycles. The standard InChI is InChI=1S/C14H9F5N4O/c1-4-5-2-14(3-20,13(21)24-12(5)23-22-4)6-7(15)9(17)11(19)10(18)8(6)16/h13H,2,21H2,1H3,(H,22,23). The molecule has 0 amide bonds. The molecule has 2 aromatic rings. The largest absolute Gasteiger partial charge is 0.455 e. The van der Waals surface area contributed by atoms with Gasteiger partial charge in [0.2, 0.25) is 11.7 Å². The van der Waals surface area contributed by atoms with Gasteiger partial charge in [0, 0.05) is 17.7 Å². The van der Waals surface area contributed by atoms with Crippen LogP contribution < -0.4 is 10.5 Å². The summed E-state index contributed by atoms with van der Waals surface area (Å²) in [6.45, 7) is 1.55. The van der Waals surface area contributed by atoms with Crippen molar-refractivity contribution in [3.63, 3.8) is 0 Å². The Kier molecular flexibility index (Phi) is 3.49. The van der Waals surface area contributed by atoms with Gasteiger partial charge in [-0.25, -0.2) is 22.0 Å². The Bertz CT molecular complexity index is 861. The molecule has 2 heterocycles. The van der Waals surface area contributed by atoms with Gasteiger partial charge in [-0.3, -0.25) is 10.8 Å². The van der Waals surface area contributed by atoms with E-state index < -0.39 is 52.7 Å². The molecule has 126 valence electrons. The highest BCUT2D eigenvalue weighted by Crippen LogP contribution is 2.42. The third-order valence-corrected chi connectivity index (χ3v) is 4.07. The fourth-order valence-corrected chi connectivity index (χ4v) is 2.72. The van der Waals surface area contributed by atoms with Gasteiger partial charge >= 0.3 is 0 Å². The van der Waals surface area contributed by atoms with Crippen LogP contribution in [0.3, 0.4) is 0 Å². The lowest BCUT2D eigenvalue weighted by molar-refractivity contribution is 0.109. The first kappa shape index (κ1) is 16.2. The minimum atomic E-state index is -2.31. The summed E-state index contributed by atoms with van der Waals surface area (Å²) in [7, 11) is 0. The number of rotatable bonds is 1. The van der Waals surface area contributed by atoms with Crippen molar-refractivity contribution < 1.29 is 26.7 Å². The summed E-state index contributed by atoms with van der Waals surface area (Å²) in [5.74, 6) is -10.8. The number of aryl methyl sites for hydroxylation is 1. The van der Waals surface area contributed by atoms with Crippen LogP contribution in [0.1, 0.15) is 16.8 Å². The van der Waals surface area contributed by atoms with Crippen molar-refractivity contribution in [1.82, 2.24) is 10.2 Å². The number of fused-ring (bicyclic) bond motifs is 1. The molecule has 24 heavy (non-hydrogen) atoms. The monoisotopic (exact) mass is 344 g/mol. The number of aromatic nitrogens is 2. The molecule has 0 radical (unpaired) electrons. The van der Waals surface area contributed by atoms with E-state index in [-0.39, 0.29) is 11.4 Å². The molecule has 2 atom stereocenters. The van der Waals surface area contributed by atoms with Gasteiger partial charge in [-0.2, -0.15) is 5.26 Å². The smallest absolute Gasteiger partial charge is 0.237 e. The Hall–Kier alpha value is -2.67. The Morgan fingerprint density at radius 3 is 2.25 bits per heavy atom. The molecule has 0 saturated heterocycles. The molecule has 5 nitrogen and oxygen atoms in total.